The van der Waals surface area contributed by atoms with E-state index >= 15 is 0 Å². The quantitative estimate of drug-likeness (QED) is 0.511. The molecule has 0 bridgehead atoms. The van der Waals surface area contributed by atoms with Crippen LogP contribution >= 0.6 is 27.7 Å². The summed E-state index contributed by atoms with van der Waals surface area (Å²) in [4.78, 5) is 20.5. The number of thioether (sulfide) groups is 1. The molecule has 0 aliphatic rings. The van der Waals surface area contributed by atoms with Crippen molar-refractivity contribution in [2.45, 2.75) is 11.3 Å². The number of nitrogens with zero attached hydrogens (tertiary/aromatic N) is 1. The van der Waals surface area contributed by atoms with Gasteiger partial charge in [0.1, 0.15) is 5.82 Å². The highest BCUT2D eigenvalue weighted by Gasteiger charge is 2.18. The predicted molar refractivity (Wildman–Crippen MR) is 63.7 cm³/mol. The third kappa shape index (κ3) is 3.97. The molecule has 0 amide bonds. The van der Waals surface area contributed by atoms with E-state index < -0.39 is 16.7 Å². The Balaban J connectivity index is 2.92. The Hall–Kier alpha value is -1.15. The molecule has 0 fully saturated rings. The molecule has 5 nitrogen and oxygen atoms in total. The summed E-state index contributed by atoms with van der Waals surface area (Å²) in [5.41, 5.74) is -0.242. The van der Waals surface area contributed by atoms with Gasteiger partial charge in [0.05, 0.1) is 20.7 Å². The van der Waals surface area contributed by atoms with Crippen LogP contribution in [0.15, 0.2) is 21.5 Å². The molecule has 0 heterocycles. The lowest BCUT2D eigenvalue weighted by molar-refractivity contribution is -0.387. The summed E-state index contributed by atoms with van der Waals surface area (Å²) in [5, 5.41) is 19.2. The van der Waals surface area contributed by atoms with E-state index in [1.54, 1.807) is 0 Å². The maximum absolute atomic E-state index is 13.2. The van der Waals surface area contributed by atoms with E-state index in [1.165, 1.54) is 0 Å². The van der Waals surface area contributed by atoms with Crippen molar-refractivity contribution < 1.29 is 19.2 Å². The van der Waals surface area contributed by atoms with Gasteiger partial charge >= 0.3 is 5.97 Å². The molecule has 1 rings (SSSR count). The topological polar surface area (TPSA) is 80.4 Å². The molecule has 92 valence electrons. The number of rotatable bonds is 5. The monoisotopic (exact) mass is 323 g/mol. The molecule has 8 heteroatoms. The maximum Gasteiger partial charge on any atom is 0.304 e. The minimum Gasteiger partial charge on any atom is -0.481 e. The number of carboxylic acid groups (broad SMARTS) is 1. The van der Waals surface area contributed by atoms with E-state index in [0.717, 1.165) is 23.9 Å². The Kier molecular flexibility index (Phi) is 4.88. The first-order valence-corrected chi connectivity index (χ1v) is 6.17. The third-order valence-electron chi connectivity index (χ3n) is 1.77. The summed E-state index contributed by atoms with van der Waals surface area (Å²) in [5.74, 6) is -1.47. The van der Waals surface area contributed by atoms with Gasteiger partial charge in [0, 0.05) is 11.8 Å². The largest absolute Gasteiger partial charge is 0.481 e. The maximum atomic E-state index is 13.2. The molecule has 0 saturated carbocycles. The Labute approximate surface area is 108 Å². The SMILES string of the molecule is O=C(O)CCSc1cc(F)c(Br)cc1[N+](=O)[O-]. The van der Waals surface area contributed by atoms with Gasteiger partial charge in [-0.15, -0.1) is 11.8 Å². The van der Waals surface area contributed by atoms with Gasteiger partial charge in [-0.2, -0.15) is 0 Å². The van der Waals surface area contributed by atoms with Gasteiger partial charge in [-0.25, -0.2) is 4.39 Å². The number of nitro groups is 1. The average Bonchev–Trinajstić information content (AvgIpc) is 2.22. The Morgan fingerprint density at radius 3 is 2.76 bits per heavy atom. The highest BCUT2D eigenvalue weighted by molar-refractivity contribution is 9.10. The van der Waals surface area contributed by atoms with Crippen LogP contribution in [0, 0.1) is 15.9 Å². The predicted octanol–water partition coefficient (Wildman–Crippen LogP) is 3.06. The van der Waals surface area contributed by atoms with Crippen molar-refractivity contribution in [3.8, 4) is 0 Å². The van der Waals surface area contributed by atoms with Gasteiger partial charge in [-0.3, -0.25) is 14.9 Å². The molecular weight excluding hydrogens is 317 g/mol. The summed E-state index contributed by atoms with van der Waals surface area (Å²) in [6.45, 7) is 0. The van der Waals surface area contributed by atoms with Crippen LogP contribution in [0.4, 0.5) is 10.1 Å². The van der Waals surface area contributed by atoms with Gasteiger partial charge in [-0.1, -0.05) is 0 Å². The summed E-state index contributed by atoms with van der Waals surface area (Å²) >= 11 is 3.80. The van der Waals surface area contributed by atoms with Crippen molar-refractivity contribution in [3.05, 3.63) is 32.5 Å². The molecule has 1 aromatic carbocycles. The standard InChI is InChI=1S/C9H7BrFNO4S/c10-5-3-7(12(15)16)8(4-6(5)11)17-2-1-9(13)14/h3-4H,1-2H2,(H,13,14). The zero-order chi connectivity index (χ0) is 13.0. The number of carbonyl (C=O) groups is 1. The third-order valence-corrected chi connectivity index (χ3v) is 3.43. The zero-order valence-electron chi connectivity index (χ0n) is 8.35. The minimum absolute atomic E-state index is 0.00628. The van der Waals surface area contributed by atoms with Crippen molar-refractivity contribution >= 4 is 39.3 Å². The van der Waals surface area contributed by atoms with Crippen LogP contribution in [0.5, 0.6) is 0 Å². The van der Waals surface area contributed by atoms with Gasteiger partial charge in [0.15, 0.2) is 0 Å². The molecule has 1 aromatic rings. The van der Waals surface area contributed by atoms with Crippen LogP contribution < -0.4 is 0 Å². The Bertz CT molecular complexity index is 469. The van der Waals surface area contributed by atoms with Crippen LogP contribution in [0.3, 0.4) is 0 Å². The molecule has 0 unspecified atom stereocenters. The van der Waals surface area contributed by atoms with Crippen molar-refractivity contribution in [2.24, 2.45) is 0 Å². The average molecular weight is 324 g/mol. The Morgan fingerprint density at radius 2 is 2.24 bits per heavy atom. The van der Waals surface area contributed by atoms with Crippen LogP contribution in [0.25, 0.3) is 0 Å². The molecule has 0 aromatic heterocycles. The van der Waals surface area contributed by atoms with Crippen molar-refractivity contribution in [2.75, 3.05) is 5.75 Å². The van der Waals surface area contributed by atoms with E-state index in [-0.39, 0.29) is 27.2 Å². The smallest absolute Gasteiger partial charge is 0.304 e. The molecule has 0 saturated heterocycles. The van der Waals surface area contributed by atoms with Crippen molar-refractivity contribution in [3.63, 3.8) is 0 Å². The molecule has 1 N–H and O–H groups in total. The number of hydrogen-bond donors (Lipinski definition) is 1. The van der Waals surface area contributed by atoms with Crippen LogP contribution in [0.1, 0.15) is 6.42 Å². The molecule has 0 aliphatic heterocycles. The first-order chi connectivity index (χ1) is 7.91. The van der Waals surface area contributed by atoms with Crippen LogP contribution in [0.2, 0.25) is 0 Å². The normalized spacial score (nSPS) is 10.2. The van der Waals surface area contributed by atoms with Gasteiger partial charge in [0.2, 0.25) is 0 Å². The molecule has 0 aliphatic carbocycles. The van der Waals surface area contributed by atoms with E-state index in [0.29, 0.717) is 0 Å². The van der Waals surface area contributed by atoms with Crippen LogP contribution in [-0.2, 0) is 4.79 Å². The van der Waals surface area contributed by atoms with E-state index in [4.69, 9.17) is 5.11 Å². The number of aliphatic carboxylic acids is 1. The Morgan fingerprint density at radius 1 is 1.59 bits per heavy atom. The highest BCUT2D eigenvalue weighted by atomic mass is 79.9. The zero-order valence-corrected chi connectivity index (χ0v) is 10.8. The fourth-order valence-corrected chi connectivity index (χ4v) is 2.32. The second-order valence-electron chi connectivity index (χ2n) is 2.98. The number of hydrogen-bond acceptors (Lipinski definition) is 4. The number of benzene rings is 1. The number of halogens is 2. The van der Waals surface area contributed by atoms with Crippen molar-refractivity contribution in [1.82, 2.24) is 0 Å². The number of carboxylic acids is 1. The summed E-state index contributed by atoms with van der Waals surface area (Å²) in [6.07, 6.45) is -0.139. The molecule has 0 radical (unpaired) electrons. The van der Waals surface area contributed by atoms with Gasteiger partial charge in [0.25, 0.3) is 5.69 Å². The lowest BCUT2D eigenvalue weighted by Gasteiger charge is -2.03. The molecular formula is C9H7BrFNO4S. The van der Waals surface area contributed by atoms with E-state index in [1.807, 2.05) is 0 Å². The second-order valence-corrected chi connectivity index (χ2v) is 4.97. The second kappa shape index (κ2) is 5.97. The molecule has 0 atom stereocenters. The fourth-order valence-electron chi connectivity index (χ4n) is 1.02. The van der Waals surface area contributed by atoms with Gasteiger partial charge < -0.3 is 5.11 Å². The molecule has 0 spiro atoms. The number of nitro benzene ring substituents is 1. The van der Waals surface area contributed by atoms with Gasteiger partial charge in [-0.05, 0) is 22.0 Å². The minimum atomic E-state index is -1.00. The summed E-state index contributed by atoms with van der Waals surface area (Å²) in [7, 11) is 0. The van der Waals surface area contributed by atoms with Crippen LogP contribution in [-0.4, -0.2) is 21.8 Å². The van der Waals surface area contributed by atoms with E-state index in [9.17, 15) is 19.3 Å². The molecule has 17 heavy (non-hydrogen) atoms. The summed E-state index contributed by atoms with van der Waals surface area (Å²) in [6, 6.07) is 2.09. The summed E-state index contributed by atoms with van der Waals surface area (Å²) < 4.78 is 13.2. The highest BCUT2D eigenvalue weighted by Crippen LogP contribution is 2.33. The first-order valence-electron chi connectivity index (χ1n) is 4.40. The fraction of sp³-hybridized carbons (Fsp3) is 0.222. The lowest BCUT2D eigenvalue weighted by Crippen LogP contribution is -1.97. The van der Waals surface area contributed by atoms with Crippen molar-refractivity contribution in [1.29, 1.82) is 0 Å². The van der Waals surface area contributed by atoms with E-state index in [2.05, 4.69) is 15.9 Å². The first kappa shape index (κ1) is 13.9. The lowest BCUT2D eigenvalue weighted by atomic mass is 10.3.